The molecule has 1 saturated carbocycles. The number of nitrogens with zero attached hydrogens (tertiary/aromatic N) is 2. The first kappa shape index (κ1) is 16.4. The van der Waals surface area contributed by atoms with Crippen LogP contribution in [0.5, 0.6) is 0 Å². The largest absolute Gasteiger partial charge is 0.368 e. The molecular formula is C16H29N3O2. The Balaban J connectivity index is 2.11. The highest BCUT2D eigenvalue weighted by Gasteiger charge is 2.33. The van der Waals surface area contributed by atoms with Crippen molar-refractivity contribution in [2.24, 2.45) is 0 Å². The first-order valence-corrected chi connectivity index (χ1v) is 8.30. The minimum absolute atomic E-state index is 0.337. The van der Waals surface area contributed by atoms with E-state index in [1.165, 1.54) is 19.3 Å². The molecule has 21 heavy (non-hydrogen) atoms. The third-order valence-electron chi connectivity index (χ3n) is 4.23. The van der Waals surface area contributed by atoms with Crippen LogP contribution in [0.4, 0.5) is 0 Å². The van der Waals surface area contributed by atoms with Gasteiger partial charge in [0, 0.05) is 12.6 Å². The fourth-order valence-electron chi connectivity index (χ4n) is 3.06. The third kappa shape index (κ3) is 4.04. The molecule has 0 saturated heterocycles. The summed E-state index contributed by atoms with van der Waals surface area (Å²) < 4.78 is 11.3. The van der Waals surface area contributed by atoms with Crippen molar-refractivity contribution >= 4 is 0 Å². The molecule has 120 valence electrons. The van der Waals surface area contributed by atoms with E-state index in [1.54, 1.807) is 0 Å². The van der Waals surface area contributed by atoms with Crippen LogP contribution in [0.1, 0.15) is 77.4 Å². The van der Waals surface area contributed by atoms with Crippen molar-refractivity contribution in [1.82, 2.24) is 15.5 Å². The molecule has 1 fully saturated rings. The molecule has 0 aliphatic heterocycles. The quantitative estimate of drug-likeness (QED) is 0.835. The Bertz CT molecular complexity index is 431. The molecule has 1 aromatic heterocycles. The fraction of sp³-hybridized carbons (Fsp3) is 0.875. The molecule has 1 aromatic rings. The molecule has 2 atom stereocenters. The lowest BCUT2D eigenvalue weighted by atomic mass is 9.84. The molecule has 0 radical (unpaired) electrons. The molecule has 0 amide bonds. The van der Waals surface area contributed by atoms with E-state index in [2.05, 4.69) is 22.4 Å². The van der Waals surface area contributed by atoms with Gasteiger partial charge < -0.3 is 14.6 Å². The normalized spacial score (nSPS) is 23.4. The van der Waals surface area contributed by atoms with E-state index in [0.29, 0.717) is 24.4 Å². The van der Waals surface area contributed by atoms with E-state index >= 15 is 0 Å². The van der Waals surface area contributed by atoms with Crippen molar-refractivity contribution in [3.63, 3.8) is 0 Å². The van der Waals surface area contributed by atoms with Crippen molar-refractivity contribution in [3.8, 4) is 0 Å². The zero-order valence-electron chi connectivity index (χ0n) is 13.8. The molecule has 2 unspecified atom stereocenters. The van der Waals surface area contributed by atoms with Crippen molar-refractivity contribution in [3.05, 3.63) is 11.7 Å². The lowest BCUT2D eigenvalue weighted by Gasteiger charge is -2.29. The smallest absolute Gasteiger partial charge is 0.231 e. The Labute approximate surface area is 127 Å². The summed E-state index contributed by atoms with van der Waals surface area (Å²) in [7, 11) is 0. The van der Waals surface area contributed by atoms with Gasteiger partial charge in [-0.25, -0.2) is 0 Å². The second-order valence-electron chi connectivity index (χ2n) is 6.35. The van der Waals surface area contributed by atoms with Gasteiger partial charge in [0.1, 0.15) is 5.60 Å². The molecule has 5 heteroatoms. The molecule has 1 heterocycles. The van der Waals surface area contributed by atoms with Crippen LogP contribution in [0.15, 0.2) is 4.52 Å². The van der Waals surface area contributed by atoms with Crippen LogP contribution in [0.25, 0.3) is 0 Å². The van der Waals surface area contributed by atoms with E-state index in [9.17, 15) is 0 Å². The molecule has 5 nitrogen and oxygen atoms in total. The minimum atomic E-state index is -0.489. The van der Waals surface area contributed by atoms with E-state index in [-0.39, 0.29) is 0 Å². The van der Waals surface area contributed by atoms with Gasteiger partial charge in [-0.1, -0.05) is 24.9 Å². The summed E-state index contributed by atoms with van der Waals surface area (Å²) >= 11 is 0. The van der Waals surface area contributed by atoms with Gasteiger partial charge in [-0.2, -0.15) is 4.98 Å². The number of aromatic nitrogens is 2. The SMILES string of the molecule is CCCNC1CCCCC1c1nc(C(C)(C)OCC)no1. The van der Waals surface area contributed by atoms with Gasteiger partial charge in [0.05, 0.1) is 5.92 Å². The van der Waals surface area contributed by atoms with Crippen LogP contribution in [-0.2, 0) is 10.3 Å². The zero-order valence-corrected chi connectivity index (χ0v) is 13.8. The van der Waals surface area contributed by atoms with Crippen molar-refractivity contribution in [2.45, 2.75) is 77.4 Å². The monoisotopic (exact) mass is 295 g/mol. The number of nitrogens with one attached hydrogen (secondary N) is 1. The maximum Gasteiger partial charge on any atom is 0.231 e. The molecule has 0 aromatic carbocycles. The molecule has 0 bridgehead atoms. The van der Waals surface area contributed by atoms with Crippen molar-refractivity contribution in [1.29, 1.82) is 0 Å². The Hall–Kier alpha value is -0.940. The van der Waals surface area contributed by atoms with Gasteiger partial charge in [0.15, 0.2) is 0 Å². The number of hydrogen-bond donors (Lipinski definition) is 1. The Kier molecular flexibility index (Phi) is 5.76. The summed E-state index contributed by atoms with van der Waals surface area (Å²) in [6.07, 6.45) is 5.98. The summed E-state index contributed by atoms with van der Waals surface area (Å²) in [5.74, 6) is 1.76. The van der Waals surface area contributed by atoms with Gasteiger partial charge in [-0.3, -0.25) is 0 Å². The standard InChI is InChI=1S/C16H29N3O2/c1-5-11-17-13-10-8-7-9-12(13)14-18-15(19-21-14)16(3,4)20-6-2/h12-13,17H,5-11H2,1-4H3. The average Bonchev–Trinajstić information content (AvgIpc) is 2.96. The van der Waals surface area contributed by atoms with Gasteiger partial charge in [-0.15, -0.1) is 0 Å². The van der Waals surface area contributed by atoms with Crippen LogP contribution in [0, 0.1) is 0 Å². The van der Waals surface area contributed by atoms with Crippen LogP contribution in [-0.4, -0.2) is 29.3 Å². The van der Waals surface area contributed by atoms with Gasteiger partial charge in [-0.05, 0) is 46.6 Å². The molecule has 1 aliphatic rings. The lowest BCUT2D eigenvalue weighted by molar-refractivity contribution is -0.0221. The predicted molar refractivity (Wildman–Crippen MR) is 82.2 cm³/mol. The van der Waals surface area contributed by atoms with Crippen LogP contribution >= 0.6 is 0 Å². The second-order valence-corrected chi connectivity index (χ2v) is 6.35. The first-order chi connectivity index (χ1) is 10.1. The molecule has 1 N–H and O–H groups in total. The van der Waals surface area contributed by atoms with E-state index in [0.717, 1.165) is 25.3 Å². The first-order valence-electron chi connectivity index (χ1n) is 8.30. The topological polar surface area (TPSA) is 60.2 Å². The lowest BCUT2D eigenvalue weighted by Crippen LogP contribution is -2.37. The van der Waals surface area contributed by atoms with E-state index in [4.69, 9.17) is 9.26 Å². The van der Waals surface area contributed by atoms with E-state index in [1.807, 2.05) is 20.8 Å². The van der Waals surface area contributed by atoms with Crippen molar-refractivity contribution < 1.29 is 9.26 Å². The average molecular weight is 295 g/mol. The van der Waals surface area contributed by atoms with E-state index < -0.39 is 5.60 Å². The van der Waals surface area contributed by atoms with Crippen LogP contribution in [0.2, 0.25) is 0 Å². The Morgan fingerprint density at radius 1 is 1.29 bits per heavy atom. The molecule has 1 aliphatic carbocycles. The summed E-state index contributed by atoms with van der Waals surface area (Å²) in [4.78, 5) is 4.64. The van der Waals surface area contributed by atoms with Gasteiger partial charge in [0.2, 0.25) is 11.7 Å². The number of rotatable bonds is 7. The van der Waals surface area contributed by atoms with Crippen LogP contribution in [0.3, 0.4) is 0 Å². The van der Waals surface area contributed by atoms with Crippen molar-refractivity contribution in [2.75, 3.05) is 13.2 Å². The number of ether oxygens (including phenoxy) is 1. The molecular weight excluding hydrogens is 266 g/mol. The zero-order chi connectivity index (χ0) is 15.3. The highest BCUT2D eigenvalue weighted by atomic mass is 16.5. The fourth-order valence-corrected chi connectivity index (χ4v) is 3.06. The number of hydrogen-bond acceptors (Lipinski definition) is 5. The van der Waals surface area contributed by atoms with Gasteiger partial charge >= 0.3 is 0 Å². The molecule has 2 rings (SSSR count). The molecule has 0 spiro atoms. The predicted octanol–water partition coefficient (Wildman–Crippen LogP) is 3.37. The summed E-state index contributed by atoms with van der Waals surface area (Å²) in [6, 6.07) is 0.460. The minimum Gasteiger partial charge on any atom is -0.368 e. The summed E-state index contributed by atoms with van der Waals surface area (Å²) in [5.41, 5.74) is -0.489. The maximum absolute atomic E-state index is 5.71. The summed E-state index contributed by atoms with van der Waals surface area (Å²) in [6.45, 7) is 9.83. The highest BCUT2D eigenvalue weighted by molar-refractivity contribution is 5.05. The summed E-state index contributed by atoms with van der Waals surface area (Å²) in [5, 5.41) is 7.79. The Morgan fingerprint density at radius 3 is 2.76 bits per heavy atom. The van der Waals surface area contributed by atoms with Crippen LogP contribution < -0.4 is 5.32 Å². The second kappa shape index (κ2) is 7.36. The maximum atomic E-state index is 5.71. The Morgan fingerprint density at radius 2 is 2.05 bits per heavy atom. The highest BCUT2D eigenvalue weighted by Crippen LogP contribution is 2.33. The van der Waals surface area contributed by atoms with Gasteiger partial charge in [0.25, 0.3) is 0 Å². The third-order valence-corrected chi connectivity index (χ3v) is 4.23.